The van der Waals surface area contributed by atoms with E-state index in [4.69, 9.17) is 0 Å². The number of nitrogens with zero attached hydrogens (tertiary/aromatic N) is 2. The van der Waals surface area contributed by atoms with Crippen molar-refractivity contribution in [3.8, 4) is 0 Å². The standard InChI is InChI=1S/C11H20N4/c1-3-15-8-7-13-11(15)14-10-5-4-6-12-9(10)2/h7-10,12H,3-6H2,1-2H3,(H,13,14). The van der Waals surface area contributed by atoms with E-state index in [1.807, 2.05) is 12.4 Å². The predicted molar refractivity (Wildman–Crippen MR) is 62.0 cm³/mol. The van der Waals surface area contributed by atoms with Crippen LogP contribution in [-0.2, 0) is 6.54 Å². The summed E-state index contributed by atoms with van der Waals surface area (Å²) >= 11 is 0. The Labute approximate surface area is 91.1 Å². The number of aryl methyl sites for hydroxylation is 1. The topological polar surface area (TPSA) is 41.9 Å². The third-order valence-corrected chi connectivity index (χ3v) is 3.13. The molecule has 2 unspecified atom stereocenters. The Bertz CT molecular complexity index is 307. The van der Waals surface area contributed by atoms with Gasteiger partial charge in [-0.15, -0.1) is 0 Å². The van der Waals surface area contributed by atoms with Gasteiger partial charge < -0.3 is 15.2 Å². The van der Waals surface area contributed by atoms with Crippen LogP contribution in [0.4, 0.5) is 5.95 Å². The zero-order valence-electron chi connectivity index (χ0n) is 9.53. The molecule has 1 aliphatic rings. The molecule has 2 rings (SSSR count). The lowest BCUT2D eigenvalue weighted by Crippen LogP contribution is -2.46. The maximum atomic E-state index is 4.34. The van der Waals surface area contributed by atoms with Crippen molar-refractivity contribution >= 4 is 5.95 Å². The molecule has 1 aromatic heterocycles. The van der Waals surface area contributed by atoms with Crippen molar-refractivity contribution in [2.45, 2.75) is 45.3 Å². The first-order chi connectivity index (χ1) is 7.31. The van der Waals surface area contributed by atoms with E-state index in [-0.39, 0.29) is 0 Å². The van der Waals surface area contributed by atoms with Crippen molar-refractivity contribution in [2.75, 3.05) is 11.9 Å². The quantitative estimate of drug-likeness (QED) is 0.790. The number of anilines is 1. The monoisotopic (exact) mass is 208 g/mol. The van der Waals surface area contributed by atoms with Crippen molar-refractivity contribution in [3.05, 3.63) is 12.4 Å². The largest absolute Gasteiger partial charge is 0.351 e. The van der Waals surface area contributed by atoms with Gasteiger partial charge in [0.15, 0.2) is 0 Å². The summed E-state index contributed by atoms with van der Waals surface area (Å²) in [5, 5.41) is 7.00. The van der Waals surface area contributed by atoms with E-state index in [0.29, 0.717) is 12.1 Å². The second kappa shape index (κ2) is 4.66. The molecule has 15 heavy (non-hydrogen) atoms. The highest BCUT2D eigenvalue weighted by Gasteiger charge is 2.21. The van der Waals surface area contributed by atoms with Crippen LogP contribution < -0.4 is 10.6 Å². The van der Waals surface area contributed by atoms with Gasteiger partial charge in [0.2, 0.25) is 5.95 Å². The lowest BCUT2D eigenvalue weighted by atomic mass is 10.0. The number of imidazole rings is 1. The number of aromatic nitrogens is 2. The van der Waals surface area contributed by atoms with Crippen molar-refractivity contribution < 1.29 is 0 Å². The summed E-state index contributed by atoms with van der Waals surface area (Å²) < 4.78 is 2.14. The predicted octanol–water partition coefficient (Wildman–Crippen LogP) is 1.46. The zero-order chi connectivity index (χ0) is 10.7. The Morgan fingerprint density at radius 1 is 1.67 bits per heavy atom. The van der Waals surface area contributed by atoms with E-state index in [9.17, 15) is 0 Å². The fourth-order valence-corrected chi connectivity index (χ4v) is 2.11. The Balaban J connectivity index is 2.01. The van der Waals surface area contributed by atoms with Crippen LogP contribution >= 0.6 is 0 Å². The molecule has 2 N–H and O–H groups in total. The number of hydrogen-bond acceptors (Lipinski definition) is 3. The maximum absolute atomic E-state index is 4.34. The van der Waals surface area contributed by atoms with Gasteiger partial charge in [0.1, 0.15) is 0 Å². The molecule has 0 amide bonds. The Morgan fingerprint density at radius 3 is 3.27 bits per heavy atom. The van der Waals surface area contributed by atoms with Crippen LogP contribution in [0.25, 0.3) is 0 Å². The van der Waals surface area contributed by atoms with E-state index in [2.05, 4.69) is 34.0 Å². The van der Waals surface area contributed by atoms with Gasteiger partial charge in [-0.3, -0.25) is 0 Å². The molecule has 1 saturated heterocycles. The van der Waals surface area contributed by atoms with Gasteiger partial charge in [0, 0.05) is 31.0 Å². The van der Waals surface area contributed by atoms with Crippen LogP contribution in [-0.4, -0.2) is 28.2 Å². The molecule has 1 aromatic rings. The van der Waals surface area contributed by atoms with Gasteiger partial charge in [0.25, 0.3) is 0 Å². The molecular formula is C11H20N4. The lowest BCUT2D eigenvalue weighted by Gasteiger charge is -2.31. The van der Waals surface area contributed by atoms with Crippen LogP contribution in [0.3, 0.4) is 0 Å². The molecule has 0 radical (unpaired) electrons. The minimum absolute atomic E-state index is 0.506. The van der Waals surface area contributed by atoms with Gasteiger partial charge in [-0.05, 0) is 33.2 Å². The van der Waals surface area contributed by atoms with Crippen molar-refractivity contribution in [1.82, 2.24) is 14.9 Å². The number of nitrogens with one attached hydrogen (secondary N) is 2. The summed E-state index contributed by atoms with van der Waals surface area (Å²) in [5.41, 5.74) is 0. The highest BCUT2D eigenvalue weighted by atomic mass is 15.2. The highest BCUT2D eigenvalue weighted by Crippen LogP contribution is 2.14. The molecule has 0 aliphatic carbocycles. The first-order valence-electron chi connectivity index (χ1n) is 5.82. The minimum Gasteiger partial charge on any atom is -0.351 e. The van der Waals surface area contributed by atoms with Gasteiger partial charge in [-0.2, -0.15) is 0 Å². The van der Waals surface area contributed by atoms with Crippen LogP contribution in [0, 0.1) is 0 Å². The summed E-state index contributed by atoms with van der Waals surface area (Å²) in [5.74, 6) is 0.998. The summed E-state index contributed by atoms with van der Waals surface area (Å²) in [7, 11) is 0. The Kier molecular flexibility index (Phi) is 3.26. The van der Waals surface area contributed by atoms with E-state index < -0.39 is 0 Å². The number of rotatable bonds is 3. The molecule has 1 fully saturated rings. The molecule has 1 aliphatic heterocycles. The Morgan fingerprint density at radius 2 is 2.53 bits per heavy atom. The van der Waals surface area contributed by atoms with Crippen molar-refractivity contribution in [2.24, 2.45) is 0 Å². The molecular weight excluding hydrogens is 188 g/mol. The van der Waals surface area contributed by atoms with Gasteiger partial charge in [-0.25, -0.2) is 4.98 Å². The molecule has 0 saturated carbocycles. The average molecular weight is 208 g/mol. The highest BCUT2D eigenvalue weighted by molar-refractivity contribution is 5.28. The van der Waals surface area contributed by atoms with E-state index >= 15 is 0 Å². The van der Waals surface area contributed by atoms with Crippen LogP contribution in [0.15, 0.2) is 12.4 Å². The van der Waals surface area contributed by atoms with Crippen LogP contribution in [0.5, 0.6) is 0 Å². The third kappa shape index (κ3) is 2.31. The average Bonchev–Trinajstić information content (AvgIpc) is 2.69. The number of hydrogen-bond donors (Lipinski definition) is 2. The summed E-state index contributed by atoms with van der Waals surface area (Å²) in [6.45, 7) is 6.48. The third-order valence-electron chi connectivity index (χ3n) is 3.13. The van der Waals surface area contributed by atoms with Crippen LogP contribution in [0.1, 0.15) is 26.7 Å². The smallest absolute Gasteiger partial charge is 0.203 e. The molecule has 0 aromatic carbocycles. The molecule has 84 valence electrons. The van der Waals surface area contributed by atoms with Crippen LogP contribution in [0.2, 0.25) is 0 Å². The molecule has 2 atom stereocenters. The zero-order valence-corrected chi connectivity index (χ0v) is 9.53. The summed E-state index contributed by atoms with van der Waals surface area (Å²) in [6, 6.07) is 1.03. The fourth-order valence-electron chi connectivity index (χ4n) is 2.11. The fraction of sp³-hybridized carbons (Fsp3) is 0.727. The molecule has 0 spiro atoms. The first-order valence-corrected chi connectivity index (χ1v) is 5.82. The van der Waals surface area contributed by atoms with Crippen molar-refractivity contribution in [1.29, 1.82) is 0 Å². The lowest BCUT2D eigenvalue weighted by molar-refractivity contribution is 0.387. The van der Waals surface area contributed by atoms with Gasteiger partial charge in [-0.1, -0.05) is 0 Å². The normalized spacial score (nSPS) is 26.5. The molecule has 0 bridgehead atoms. The second-order valence-electron chi connectivity index (χ2n) is 4.17. The Hall–Kier alpha value is -1.03. The molecule has 4 heteroatoms. The first kappa shape index (κ1) is 10.5. The minimum atomic E-state index is 0.506. The second-order valence-corrected chi connectivity index (χ2v) is 4.17. The summed E-state index contributed by atoms with van der Waals surface area (Å²) in [4.78, 5) is 4.34. The van der Waals surface area contributed by atoms with Gasteiger partial charge >= 0.3 is 0 Å². The summed E-state index contributed by atoms with van der Waals surface area (Å²) in [6.07, 6.45) is 6.34. The van der Waals surface area contributed by atoms with E-state index in [1.165, 1.54) is 12.8 Å². The SMILES string of the molecule is CCn1ccnc1NC1CCCNC1C. The molecule has 4 nitrogen and oxygen atoms in total. The van der Waals surface area contributed by atoms with E-state index in [0.717, 1.165) is 19.0 Å². The number of piperidine rings is 1. The van der Waals surface area contributed by atoms with Gasteiger partial charge in [0.05, 0.1) is 0 Å². The maximum Gasteiger partial charge on any atom is 0.203 e. The molecule has 2 heterocycles. The van der Waals surface area contributed by atoms with Crippen molar-refractivity contribution in [3.63, 3.8) is 0 Å². The van der Waals surface area contributed by atoms with E-state index in [1.54, 1.807) is 0 Å².